The van der Waals surface area contributed by atoms with Crippen LogP contribution in [-0.4, -0.2) is 15.5 Å². The molecule has 3 nitrogen and oxygen atoms in total. The standard InChI is InChI=1S/C17H20N2O/c1-12-9-14-15(18-20)10-17(2,3)11-16(14)19(12)13-7-5-4-6-8-13/h4-9,20H,10-11H2,1-3H3/b18-15-. The number of fused-ring (bicyclic) bond motifs is 1. The predicted molar refractivity (Wildman–Crippen MR) is 80.9 cm³/mol. The Morgan fingerprint density at radius 2 is 1.85 bits per heavy atom. The van der Waals surface area contributed by atoms with Crippen LogP contribution in [0.25, 0.3) is 5.69 Å². The van der Waals surface area contributed by atoms with Gasteiger partial charge in [0.25, 0.3) is 0 Å². The molecule has 1 heterocycles. The summed E-state index contributed by atoms with van der Waals surface area (Å²) in [5.74, 6) is 0. The summed E-state index contributed by atoms with van der Waals surface area (Å²) in [5, 5.41) is 12.9. The minimum Gasteiger partial charge on any atom is -0.411 e. The largest absolute Gasteiger partial charge is 0.411 e. The molecule has 3 rings (SSSR count). The van der Waals surface area contributed by atoms with Crippen molar-refractivity contribution in [3.8, 4) is 5.69 Å². The molecule has 0 aliphatic heterocycles. The van der Waals surface area contributed by atoms with E-state index in [-0.39, 0.29) is 5.41 Å². The number of aromatic nitrogens is 1. The number of para-hydroxylation sites is 1. The van der Waals surface area contributed by atoms with Gasteiger partial charge < -0.3 is 9.77 Å². The van der Waals surface area contributed by atoms with Crippen LogP contribution in [0.1, 0.15) is 37.2 Å². The van der Waals surface area contributed by atoms with Crippen molar-refractivity contribution < 1.29 is 5.21 Å². The van der Waals surface area contributed by atoms with Crippen molar-refractivity contribution in [1.82, 2.24) is 4.57 Å². The molecule has 1 aromatic heterocycles. The van der Waals surface area contributed by atoms with Crippen molar-refractivity contribution in [2.45, 2.75) is 33.6 Å². The van der Waals surface area contributed by atoms with E-state index in [2.05, 4.69) is 60.8 Å². The molecule has 1 aliphatic carbocycles. The molecular formula is C17H20N2O. The van der Waals surface area contributed by atoms with Gasteiger partial charge in [-0.05, 0) is 43.4 Å². The highest BCUT2D eigenvalue weighted by atomic mass is 16.4. The molecule has 0 unspecified atom stereocenters. The summed E-state index contributed by atoms with van der Waals surface area (Å²) in [6.07, 6.45) is 1.80. The highest BCUT2D eigenvalue weighted by molar-refractivity contribution is 6.03. The third kappa shape index (κ3) is 2.03. The molecule has 0 fully saturated rings. The van der Waals surface area contributed by atoms with Crippen molar-refractivity contribution in [3.05, 3.63) is 53.3 Å². The Balaban J connectivity index is 2.23. The fraction of sp³-hybridized carbons (Fsp3) is 0.353. The van der Waals surface area contributed by atoms with E-state index in [4.69, 9.17) is 0 Å². The van der Waals surface area contributed by atoms with E-state index in [0.717, 1.165) is 24.1 Å². The predicted octanol–water partition coefficient (Wildman–Crippen LogP) is 3.94. The zero-order chi connectivity index (χ0) is 14.3. The van der Waals surface area contributed by atoms with Gasteiger partial charge >= 0.3 is 0 Å². The summed E-state index contributed by atoms with van der Waals surface area (Å²) in [4.78, 5) is 0. The molecule has 1 aliphatic rings. The Hall–Kier alpha value is -2.03. The second-order valence-corrected chi connectivity index (χ2v) is 6.38. The molecule has 0 spiro atoms. The quantitative estimate of drug-likeness (QED) is 0.617. The number of hydrogen-bond donors (Lipinski definition) is 1. The van der Waals surface area contributed by atoms with Crippen LogP contribution in [0.2, 0.25) is 0 Å². The molecule has 0 saturated heterocycles. The average Bonchev–Trinajstić information content (AvgIpc) is 2.73. The zero-order valence-corrected chi connectivity index (χ0v) is 12.2. The van der Waals surface area contributed by atoms with E-state index >= 15 is 0 Å². The Morgan fingerprint density at radius 1 is 1.15 bits per heavy atom. The molecule has 1 N–H and O–H groups in total. The van der Waals surface area contributed by atoms with Crippen LogP contribution >= 0.6 is 0 Å². The van der Waals surface area contributed by atoms with E-state index in [1.165, 1.54) is 17.1 Å². The van der Waals surface area contributed by atoms with Crippen molar-refractivity contribution in [1.29, 1.82) is 0 Å². The molecule has 0 atom stereocenters. The van der Waals surface area contributed by atoms with Gasteiger partial charge in [-0.15, -0.1) is 0 Å². The van der Waals surface area contributed by atoms with Gasteiger partial charge in [0.15, 0.2) is 0 Å². The van der Waals surface area contributed by atoms with Gasteiger partial charge in [0.2, 0.25) is 0 Å². The lowest BCUT2D eigenvalue weighted by molar-refractivity contribution is 0.305. The molecule has 3 heteroatoms. The molecule has 2 aromatic rings. The van der Waals surface area contributed by atoms with Crippen molar-refractivity contribution in [2.75, 3.05) is 0 Å². The fourth-order valence-electron chi connectivity index (χ4n) is 3.20. The van der Waals surface area contributed by atoms with E-state index in [1.807, 2.05) is 6.07 Å². The van der Waals surface area contributed by atoms with Gasteiger partial charge in [0.1, 0.15) is 0 Å². The van der Waals surface area contributed by atoms with E-state index in [0.29, 0.717) is 0 Å². The van der Waals surface area contributed by atoms with Gasteiger partial charge in [0.05, 0.1) is 5.71 Å². The second-order valence-electron chi connectivity index (χ2n) is 6.38. The monoisotopic (exact) mass is 268 g/mol. The first-order valence-corrected chi connectivity index (χ1v) is 7.00. The lowest BCUT2D eigenvalue weighted by Gasteiger charge is -2.31. The minimum absolute atomic E-state index is 0.117. The lowest BCUT2D eigenvalue weighted by Crippen LogP contribution is -2.28. The van der Waals surface area contributed by atoms with Crippen molar-refractivity contribution in [2.24, 2.45) is 10.6 Å². The number of nitrogens with zero attached hydrogens (tertiary/aromatic N) is 2. The van der Waals surface area contributed by atoms with Crippen LogP contribution < -0.4 is 0 Å². The van der Waals surface area contributed by atoms with Gasteiger partial charge in [0, 0.05) is 22.6 Å². The Labute approximate surface area is 119 Å². The summed E-state index contributed by atoms with van der Waals surface area (Å²) in [5.41, 5.74) is 5.60. The van der Waals surface area contributed by atoms with Crippen LogP contribution in [-0.2, 0) is 6.42 Å². The van der Waals surface area contributed by atoms with Crippen LogP contribution in [0.5, 0.6) is 0 Å². The van der Waals surface area contributed by atoms with E-state index in [1.54, 1.807) is 0 Å². The highest BCUT2D eigenvalue weighted by Gasteiger charge is 2.33. The molecule has 104 valence electrons. The first kappa shape index (κ1) is 13.0. The topological polar surface area (TPSA) is 37.5 Å². The van der Waals surface area contributed by atoms with E-state index in [9.17, 15) is 5.21 Å². The van der Waals surface area contributed by atoms with Gasteiger partial charge in [-0.3, -0.25) is 0 Å². The summed E-state index contributed by atoms with van der Waals surface area (Å²) >= 11 is 0. The summed E-state index contributed by atoms with van der Waals surface area (Å²) < 4.78 is 2.28. The average molecular weight is 268 g/mol. The number of rotatable bonds is 1. The zero-order valence-electron chi connectivity index (χ0n) is 12.2. The number of aryl methyl sites for hydroxylation is 1. The Bertz CT molecular complexity index is 666. The maximum Gasteiger partial charge on any atom is 0.0891 e. The van der Waals surface area contributed by atoms with Gasteiger partial charge in [-0.1, -0.05) is 37.2 Å². The fourth-order valence-corrected chi connectivity index (χ4v) is 3.20. The third-order valence-electron chi connectivity index (χ3n) is 4.02. The summed E-state index contributed by atoms with van der Waals surface area (Å²) in [6, 6.07) is 12.5. The SMILES string of the molecule is Cc1cc2c(n1-c1ccccc1)CC(C)(C)C/C2=N/O. The second kappa shape index (κ2) is 4.51. The Morgan fingerprint density at radius 3 is 2.50 bits per heavy atom. The van der Waals surface area contributed by atoms with Crippen molar-refractivity contribution >= 4 is 5.71 Å². The van der Waals surface area contributed by atoms with Crippen LogP contribution in [0.4, 0.5) is 0 Å². The van der Waals surface area contributed by atoms with Crippen LogP contribution in [0.3, 0.4) is 0 Å². The third-order valence-corrected chi connectivity index (χ3v) is 4.02. The normalized spacial score (nSPS) is 19.1. The molecule has 0 bridgehead atoms. The number of oxime groups is 1. The highest BCUT2D eigenvalue weighted by Crippen LogP contribution is 2.37. The van der Waals surface area contributed by atoms with Crippen LogP contribution in [0, 0.1) is 12.3 Å². The maximum absolute atomic E-state index is 9.32. The minimum atomic E-state index is 0.117. The van der Waals surface area contributed by atoms with Gasteiger partial charge in [-0.25, -0.2) is 0 Å². The number of hydrogen-bond acceptors (Lipinski definition) is 2. The molecule has 0 saturated carbocycles. The van der Waals surface area contributed by atoms with E-state index < -0.39 is 0 Å². The van der Waals surface area contributed by atoms with Crippen molar-refractivity contribution in [3.63, 3.8) is 0 Å². The molecule has 0 radical (unpaired) electrons. The smallest absolute Gasteiger partial charge is 0.0891 e. The van der Waals surface area contributed by atoms with Crippen LogP contribution in [0.15, 0.2) is 41.6 Å². The molecule has 0 amide bonds. The summed E-state index contributed by atoms with van der Waals surface area (Å²) in [6.45, 7) is 6.55. The Kier molecular flexibility index (Phi) is 2.93. The molecule has 1 aromatic carbocycles. The maximum atomic E-state index is 9.32. The first-order chi connectivity index (χ1) is 9.52. The molecule has 20 heavy (non-hydrogen) atoms. The number of benzene rings is 1. The first-order valence-electron chi connectivity index (χ1n) is 7.00. The lowest BCUT2D eigenvalue weighted by atomic mass is 9.76. The van der Waals surface area contributed by atoms with Gasteiger partial charge in [-0.2, -0.15) is 0 Å². The molecular weight excluding hydrogens is 248 g/mol. The summed E-state index contributed by atoms with van der Waals surface area (Å²) in [7, 11) is 0.